The maximum Gasteiger partial charge on any atom is 0.225 e. The van der Waals surface area contributed by atoms with Gasteiger partial charge in [0.05, 0.1) is 24.6 Å². The van der Waals surface area contributed by atoms with Crippen LogP contribution in [0.3, 0.4) is 0 Å². The lowest BCUT2D eigenvalue weighted by molar-refractivity contribution is -0.125. The van der Waals surface area contributed by atoms with Gasteiger partial charge in [-0.15, -0.1) is 0 Å². The number of carbonyl (C=O) groups is 1. The fraction of sp³-hybridized carbons (Fsp3) is 0.360. The molecule has 0 radical (unpaired) electrons. The maximum absolute atomic E-state index is 12.3. The molecule has 3 heterocycles. The van der Waals surface area contributed by atoms with Gasteiger partial charge < -0.3 is 14.8 Å². The first-order valence-electron chi connectivity index (χ1n) is 10.6. The molecule has 2 aromatic carbocycles. The topological polar surface area (TPSA) is 60.5 Å². The van der Waals surface area contributed by atoms with E-state index in [4.69, 9.17) is 9.47 Å². The van der Waals surface area contributed by atoms with Gasteiger partial charge >= 0.3 is 0 Å². The van der Waals surface area contributed by atoms with E-state index in [1.165, 1.54) is 11.1 Å². The van der Waals surface area contributed by atoms with E-state index in [1.807, 2.05) is 13.0 Å². The molecule has 1 N–H and O–H groups in total. The van der Waals surface area contributed by atoms with Gasteiger partial charge in [-0.05, 0) is 61.2 Å². The Hall–Kier alpha value is -2.92. The summed E-state index contributed by atoms with van der Waals surface area (Å²) in [6.07, 6.45) is 1.56. The van der Waals surface area contributed by atoms with Gasteiger partial charge in [0, 0.05) is 29.7 Å². The van der Waals surface area contributed by atoms with Crippen molar-refractivity contribution < 1.29 is 14.3 Å². The van der Waals surface area contributed by atoms with Crippen LogP contribution in [0.15, 0.2) is 42.5 Å². The lowest BCUT2D eigenvalue weighted by Crippen LogP contribution is -2.38. The molecule has 0 spiro atoms. The van der Waals surface area contributed by atoms with Gasteiger partial charge in [0.25, 0.3) is 0 Å². The second-order valence-electron chi connectivity index (χ2n) is 8.41. The van der Waals surface area contributed by atoms with E-state index in [-0.39, 0.29) is 17.9 Å². The number of nitrogens with one attached hydrogen (secondary N) is 1. The van der Waals surface area contributed by atoms with Crippen LogP contribution < -0.4 is 10.1 Å². The molecule has 5 rings (SSSR count). The van der Waals surface area contributed by atoms with E-state index in [2.05, 4.69) is 53.6 Å². The first-order valence-corrected chi connectivity index (χ1v) is 10.6. The van der Waals surface area contributed by atoms with E-state index >= 15 is 0 Å². The molecule has 1 fully saturated rings. The van der Waals surface area contributed by atoms with E-state index in [9.17, 15) is 4.79 Å². The average Bonchev–Trinajstić information content (AvgIpc) is 3.41. The zero-order valence-corrected chi connectivity index (χ0v) is 17.4. The van der Waals surface area contributed by atoms with Crippen LogP contribution in [0, 0.1) is 19.8 Å². The predicted molar refractivity (Wildman–Crippen MR) is 117 cm³/mol. The molecule has 0 bridgehead atoms. The van der Waals surface area contributed by atoms with Gasteiger partial charge in [0.2, 0.25) is 5.91 Å². The molecule has 2 aliphatic heterocycles. The number of hydrogen-bond acceptors (Lipinski definition) is 4. The summed E-state index contributed by atoms with van der Waals surface area (Å²) in [5.74, 6) is 0.977. The van der Waals surface area contributed by atoms with E-state index in [1.54, 1.807) is 0 Å². The number of hydrogen-bond donors (Lipinski definition) is 1. The second-order valence-corrected chi connectivity index (χ2v) is 8.41. The van der Waals surface area contributed by atoms with Gasteiger partial charge in [0.1, 0.15) is 11.9 Å². The Bertz CT molecular complexity index is 1120. The number of nitrogens with zero attached hydrogens (tertiary/aromatic N) is 1. The number of carbonyl (C=O) groups excluding carboxylic acids is 1. The summed E-state index contributed by atoms with van der Waals surface area (Å²) >= 11 is 0. The number of aryl methyl sites for hydroxylation is 2. The number of benzene rings is 2. The normalized spacial score (nSPS) is 20.2. The fourth-order valence-electron chi connectivity index (χ4n) is 4.42. The zero-order valence-electron chi connectivity index (χ0n) is 17.4. The number of ether oxygens (including phenoxy) is 2. The quantitative estimate of drug-likeness (QED) is 0.717. The SMILES string of the molecule is Cc1cc2c(c(-c3ccc4nc(C)ccc4c3)c1)OC(CNC(=O)C1CCOC1)C2. The van der Waals surface area contributed by atoms with Gasteiger partial charge in [-0.2, -0.15) is 0 Å². The van der Waals surface area contributed by atoms with Crippen LogP contribution in [-0.4, -0.2) is 36.8 Å². The van der Waals surface area contributed by atoms with Crippen LogP contribution in [-0.2, 0) is 16.0 Å². The Morgan fingerprint density at radius 2 is 2.07 bits per heavy atom. The molecule has 2 aliphatic rings. The smallest absolute Gasteiger partial charge is 0.225 e. The van der Waals surface area contributed by atoms with Gasteiger partial charge in [-0.25, -0.2) is 0 Å². The van der Waals surface area contributed by atoms with Crippen molar-refractivity contribution in [1.82, 2.24) is 10.3 Å². The largest absolute Gasteiger partial charge is 0.487 e. The van der Waals surface area contributed by atoms with Gasteiger partial charge in [0.15, 0.2) is 0 Å². The third-order valence-corrected chi connectivity index (χ3v) is 5.99. The molecule has 0 aliphatic carbocycles. The molecule has 1 aromatic heterocycles. The minimum absolute atomic E-state index is 0.0265. The summed E-state index contributed by atoms with van der Waals surface area (Å²) in [4.78, 5) is 16.9. The summed E-state index contributed by atoms with van der Waals surface area (Å²) in [6.45, 7) is 5.84. The van der Waals surface area contributed by atoms with Crippen LogP contribution in [0.25, 0.3) is 22.0 Å². The van der Waals surface area contributed by atoms with E-state index in [0.717, 1.165) is 46.3 Å². The molecular weight excluding hydrogens is 376 g/mol. The summed E-state index contributed by atoms with van der Waals surface area (Å²) in [6, 6.07) is 14.9. The molecular formula is C25H26N2O3. The fourth-order valence-corrected chi connectivity index (χ4v) is 4.42. The molecule has 2 atom stereocenters. The van der Waals surface area contributed by atoms with Gasteiger partial charge in [-0.3, -0.25) is 9.78 Å². The Balaban J connectivity index is 1.38. The molecule has 1 amide bonds. The molecule has 1 saturated heterocycles. The highest BCUT2D eigenvalue weighted by atomic mass is 16.5. The summed E-state index contributed by atoms with van der Waals surface area (Å²) in [5, 5.41) is 4.17. The molecule has 5 heteroatoms. The molecule has 154 valence electrons. The molecule has 5 nitrogen and oxygen atoms in total. The third kappa shape index (κ3) is 3.65. The van der Waals surface area contributed by atoms with Crippen LogP contribution in [0.1, 0.15) is 23.2 Å². The molecule has 30 heavy (non-hydrogen) atoms. The number of amides is 1. The first-order chi connectivity index (χ1) is 14.6. The summed E-state index contributed by atoms with van der Waals surface area (Å²) in [5.41, 5.74) is 6.66. The van der Waals surface area contributed by atoms with Crippen molar-refractivity contribution in [1.29, 1.82) is 0 Å². The third-order valence-electron chi connectivity index (χ3n) is 5.99. The van der Waals surface area contributed by atoms with Crippen molar-refractivity contribution in [3.8, 4) is 16.9 Å². The van der Waals surface area contributed by atoms with Crippen LogP contribution in [0.2, 0.25) is 0 Å². The zero-order chi connectivity index (χ0) is 20.7. The minimum atomic E-state index is -0.0448. The molecule has 0 saturated carbocycles. The second kappa shape index (κ2) is 7.73. The number of fused-ring (bicyclic) bond motifs is 2. The summed E-state index contributed by atoms with van der Waals surface area (Å²) < 4.78 is 11.6. The highest BCUT2D eigenvalue weighted by molar-refractivity contribution is 5.86. The Kier molecular flexibility index (Phi) is 4.91. The van der Waals surface area contributed by atoms with Crippen molar-refractivity contribution in [3.63, 3.8) is 0 Å². The minimum Gasteiger partial charge on any atom is -0.487 e. The van der Waals surface area contributed by atoms with Crippen molar-refractivity contribution in [2.24, 2.45) is 5.92 Å². The Labute approximate surface area is 176 Å². The van der Waals surface area contributed by atoms with Crippen LogP contribution in [0.5, 0.6) is 5.75 Å². The number of aromatic nitrogens is 1. The van der Waals surface area contributed by atoms with Crippen molar-refractivity contribution in [2.75, 3.05) is 19.8 Å². The van der Waals surface area contributed by atoms with E-state index < -0.39 is 0 Å². The van der Waals surface area contributed by atoms with Crippen LogP contribution in [0.4, 0.5) is 0 Å². The maximum atomic E-state index is 12.3. The lowest BCUT2D eigenvalue weighted by Gasteiger charge is -2.15. The first kappa shape index (κ1) is 19.1. The van der Waals surface area contributed by atoms with E-state index in [0.29, 0.717) is 19.8 Å². The standard InChI is InChI=1S/C25H26N2O3/c1-15-9-20-12-21(13-26-25(28)19-7-8-29-14-19)30-24(20)22(10-15)17-5-6-23-18(11-17)4-3-16(2)27-23/h3-6,9-11,19,21H,7-8,12-14H2,1-2H3,(H,26,28). The highest BCUT2D eigenvalue weighted by Crippen LogP contribution is 2.40. The monoisotopic (exact) mass is 402 g/mol. The summed E-state index contributed by atoms with van der Waals surface area (Å²) in [7, 11) is 0. The predicted octanol–water partition coefficient (Wildman–Crippen LogP) is 3.97. The number of pyridine rings is 1. The lowest BCUT2D eigenvalue weighted by atomic mass is 9.96. The molecule has 2 unspecified atom stereocenters. The van der Waals surface area contributed by atoms with Crippen LogP contribution >= 0.6 is 0 Å². The van der Waals surface area contributed by atoms with Gasteiger partial charge in [-0.1, -0.05) is 18.2 Å². The van der Waals surface area contributed by atoms with Crippen molar-refractivity contribution in [3.05, 3.63) is 59.3 Å². The average molecular weight is 402 g/mol. The molecule has 3 aromatic rings. The highest BCUT2D eigenvalue weighted by Gasteiger charge is 2.29. The van der Waals surface area contributed by atoms with Crippen molar-refractivity contribution >= 4 is 16.8 Å². The Morgan fingerprint density at radius 1 is 1.17 bits per heavy atom. The Morgan fingerprint density at radius 3 is 2.90 bits per heavy atom. The number of rotatable bonds is 4. The van der Waals surface area contributed by atoms with Crippen molar-refractivity contribution in [2.45, 2.75) is 32.8 Å².